The fourth-order valence-corrected chi connectivity index (χ4v) is 4.44. The fourth-order valence-electron chi connectivity index (χ4n) is 4.44. The van der Waals surface area contributed by atoms with E-state index in [1.165, 1.54) is 4.90 Å². The first-order chi connectivity index (χ1) is 16.3. The third-order valence-corrected chi connectivity index (χ3v) is 6.21. The van der Waals surface area contributed by atoms with Crippen molar-refractivity contribution in [3.63, 3.8) is 0 Å². The van der Waals surface area contributed by atoms with E-state index in [-0.39, 0.29) is 36.7 Å². The number of likely N-dealkylation sites (N-methyl/N-ethyl adjacent to an activating group) is 1. The van der Waals surface area contributed by atoms with Gasteiger partial charge in [-0.25, -0.2) is 0 Å². The van der Waals surface area contributed by atoms with Gasteiger partial charge in [-0.05, 0) is 49.1 Å². The average molecular weight is 465 g/mol. The first kappa shape index (κ1) is 23.7. The molecule has 1 N–H and O–H groups in total. The molecule has 0 saturated carbocycles. The molecule has 0 unspecified atom stereocenters. The molecule has 0 aromatic heterocycles. The number of fused-ring (bicyclic) bond motifs is 2. The average Bonchev–Trinajstić information content (AvgIpc) is 3.28. The zero-order valence-corrected chi connectivity index (χ0v) is 20.1. The van der Waals surface area contributed by atoms with E-state index in [4.69, 9.17) is 14.2 Å². The molecule has 2 heterocycles. The number of amides is 2. The fraction of sp³-hybridized carbons (Fsp3) is 0.407. The minimum Gasteiger partial charge on any atom is -0.490 e. The number of hydrogen-bond acceptors (Lipinski definition) is 5. The molecule has 7 nitrogen and oxygen atoms in total. The van der Waals surface area contributed by atoms with E-state index in [1.54, 1.807) is 19.2 Å². The molecule has 0 fully saturated rings. The Bertz CT molecular complexity index is 1080. The van der Waals surface area contributed by atoms with Crippen LogP contribution in [-0.2, 0) is 4.79 Å². The highest BCUT2D eigenvalue weighted by atomic mass is 16.7. The zero-order valence-electron chi connectivity index (χ0n) is 20.1. The topological polar surface area (TPSA) is 77.1 Å². The predicted octanol–water partition coefficient (Wildman–Crippen LogP) is 4.49. The van der Waals surface area contributed by atoms with E-state index < -0.39 is 6.04 Å². The molecule has 0 bridgehead atoms. The van der Waals surface area contributed by atoms with Crippen LogP contribution in [0.3, 0.4) is 0 Å². The lowest BCUT2D eigenvalue weighted by molar-refractivity contribution is -0.127. The number of nitrogens with one attached hydrogen (secondary N) is 1. The van der Waals surface area contributed by atoms with Crippen LogP contribution >= 0.6 is 0 Å². The molecule has 180 valence electrons. The molecule has 2 aliphatic heterocycles. The van der Waals surface area contributed by atoms with Crippen molar-refractivity contribution < 1.29 is 23.8 Å². The Hall–Kier alpha value is -3.48. The van der Waals surface area contributed by atoms with Crippen LogP contribution in [-0.4, -0.2) is 42.7 Å². The van der Waals surface area contributed by atoms with E-state index in [0.29, 0.717) is 35.7 Å². The summed E-state index contributed by atoms with van der Waals surface area (Å²) in [6.45, 7) is 6.06. The molecular formula is C27H32N2O5. The van der Waals surface area contributed by atoms with Crippen molar-refractivity contribution in [1.82, 2.24) is 10.2 Å². The van der Waals surface area contributed by atoms with Crippen molar-refractivity contribution in [1.29, 1.82) is 0 Å². The molecule has 2 aromatic carbocycles. The monoisotopic (exact) mass is 464 g/mol. The van der Waals surface area contributed by atoms with Crippen molar-refractivity contribution in [3.8, 4) is 17.2 Å². The summed E-state index contributed by atoms with van der Waals surface area (Å²) in [5.74, 6) is 1.35. The van der Waals surface area contributed by atoms with Gasteiger partial charge in [0.1, 0.15) is 11.8 Å². The molecule has 2 amide bonds. The van der Waals surface area contributed by atoms with Gasteiger partial charge in [-0.1, -0.05) is 44.2 Å². The van der Waals surface area contributed by atoms with Gasteiger partial charge in [-0.2, -0.15) is 0 Å². The third kappa shape index (κ3) is 5.03. The quantitative estimate of drug-likeness (QED) is 0.663. The number of nitrogens with zero attached hydrogens (tertiary/aromatic N) is 1. The molecule has 0 spiro atoms. The Kier molecular flexibility index (Phi) is 7.10. The van der Waals surface area contributed by atoms with E-state index in [2.05, 4.69) is 17.5 Å². The molecule has 34 heavy (non-hydrogen) atoms. The van der Waals surface area contributed by atoms with Crippen molar-refractivity contribution >= 4 is 11.8 Å². The maximum atomic E-state index is 13.5. The van der Waals surface area contributed by atoms with Crippen LogP contribution in [0, 0.1) is 5.92 Å². The second-order valence-corrected chi connectivity index (χ2v) is 9.15. The summed E-state index contributed by atoms with van der Waals surface area (Å²) >= 11 is 0. The smallest absolute Gasteiger partial charge is 0.258 e. The van der Waals surface area contributed by atoms with E-state index in [9.17, 15) is 9.59 Å². The van der Waals surface area contributed by atoms with Gasteiger partial charge in [0.05, 0.1) is 17.7 Å². The molecule has 2 aliphatic rings. The summed E-state index contributed by atoms with van der Waals surface area (Å²) in [5.41, 5.74) is 1.36. The summed E-state index contributed by atoms with van der Waals surface area (Å²) in [4.78, 5) is 28.5. The van der Waals surface area contributed by atoms with Crippen molar-refractivity contribution in [3.05, 3.63) is 65.7 Å². The second kappa shape index (κ2) is 10.2. The maximum absolute atomic E-state index is 13.5. The summed E-state index contributed by atoms with van der Waals surface area (Å²) in [7, 11) is 1.67. The van der Waals surface area contributed by atoms with E-state index >= 15 is 0 Å². The van der Waals surface area contributed by atoms with Gasteiger partial charge in [0.25, 0.3) is 5.91 Å². The minimum absolute atomic E-state index is 0.0955. The lowest BCUT2D eigenvalue weighted by Gasteiger charge is -2.32. The van der Waals surface area contributed by atoms with Gasteiger partial charge >= 0.3 is 0 Å². The Balaban J connectivity index is 1.69. The van der Waals surface area contributed by atoms with Gasteiger partial charge < -0.3 is 24.4 Å². The highest BCUT2D eigenvalue weighted by Crippen LogP contribution is 2.35. The van der Waals surface area contributed by atoms with Crippen molar-refractivity contribution in [2.45, 2.75) is 51.8 Å². The molecule has 0 saturated heterocycles. The maximum Gasteiger partial charge on any atom is 0.258 e. The van der Waals surface area contributed by atoms with Crippen LogP contribution in [0.15, 0.2) is 54.6 Å². The molecule has 2 aromatic rings. The van der Waals surface area contributed by atoms with Gasteiger partial charge in [0, 0.05) is 13.5 Å². The number of rotatable bonds is 2. The summed E-state index contributed by atoms with van der Waals surface area (Å²) in [6.07, 6.45) is 5.27. The third-order valence-electron chi connectivity index (χ3n) is 6.21. The summed E-state index contributed by atoms with van der Waals surface area (Å²) < 4.78 is 17.1. The van der Waals surface area contributed by atoms with Crippen LogP contribution in [0.1, 0.15) is 55.6 Å². The number of para-hydroxylation sites is 1. The number of hydrogen-bond donors (Lipinski definition) is 1. The Morgan fingerprint density at radius 2 is 1.71 bits per heavy atom. The minimum atomic E-state index is -0.651. The van der Waals surface area contributed by atoms with Crippen LogP contribution in [0.25, 0.3) is 0 Å². The van der Waals surface area contributed by atoms with Crippen molar-refractivity contribution in [2.75, 3.05) is 13.8 Å². The van der Waals surface area contributed by atoms with Gasteiger partial charge in [-0.15, -0.1) is 0 Å². The molecule has 0 aliphatic carbocycles. The largest absolute Gasteiger partial charge is 0.490 e. The zero-order chi connectivity index (χ0) is 24.2. The SMILES string of the molecule is CC(C)[C@@H]1C(=O)N[C@@H](c2ccc3c(c2)OCO3)C/C=C/C[C@H](C)Oc2ccccc2C(=O)N1C. The predicted molar refractivity (Wildman–Crippen MR) is 129 cm³/mol. The van der Waals surface area contributed by atoms with Crippen LogP contribution in [0.5, 0.6) is 17.2 Å². The van der Waals surface area contributed by atoms with Crippen LogP contribution in [0.4, 0.5) is 0 Å². The van der Waals surface area contributed by atoms with Crippen LogP contribution < -0.4 is 19.5 Å². The number of carbonyl (C=O) groups is 2. The molecule has 7 heteroatoms. The lowest BCUT2D eigenvalue weighted by atomic mass is 9.97. The second-order valence-electron chi connectivity index (χ2n) is 9.15. The highest BCUT2D eigenvalue weighted by molar-refractivity contribution is 5.99. The standard InChI is InChI=1S/C27H32N2O5/c1-17(2)25-26(30)28-21(19-13-14-23-24(15-19)33-16-32-23)11-7-5-9-18(3)34-22-12-8-6-10-20(22)27(31)29(25)4/h5-8,10,12-15,17-18,21,25H,9,11,16H2,1-4H3,(H,28,30)/b7-5+/t18-,21+,25+/m0/s1. The van der Waals surface area contributed by atoms with Gasteiger partial charge in [0.15, 0.2) is 11.5 Å². The van der Waals surface area contributed by atoms with E-state index in [0.717, 1.165) is 5.56 Å². The Labute approximate surface area is 200 Å². The first-order valence-electron chi connectivity index (χ1n) is 11.7. The molecule has 0 radical (unpaired) electrons. The number of ether oxygens (including phenoxy) is 3. The van der Waals surface area contributed by atoms with Crippen molar-refractivity contribution in [2.24, 2.45) is 5.92 Å². The summed E-state index contributed by atoms with van der Waals surface area (Å²) in [6, 6.07) is 12.0. The normalized spacial score (nSPS) is 24.1. The first-order valence-corrected chi connectivity index (χ1v) is 11.7. The Morgan fingerprint density at radius 3 is 2.50 bits per heavy atom. The molecular weight excluding hydrogens is 432 g/mol. The van der Waals surface area contributed by atoms with E-state index in [1.807, 2.05) is 51.1 Å². The highest BCUT2D eigenvalue weighted by Gasteiger charge is 2.33. The Morgan fingerprint density at radius 1 is 0.971 bits per heavy atom. The van der Waals surface area contributed by atoms with Gasteiger partial charge in [0.2, 0.25) is 12.7 Å². The molecule has 4 rings (SSSR count). The molecule has 3 atom stereocenters. The lowest BCUT2D eigenvalue weighted by Crippen LogP contribution is -2.51. The van der Waals surface area contributed by atoms with Crippen LogP contribution in [0.2, 0.25) is 0 Å². The number of benzene rings is 2. The summed E-state index contributed by atoms with van der Waals surface area (Å²) in [5, 5.41) is 3.18. The number of carbonyl (C=O) groups excluding carboxylic acids is 2. The van der Waals surface area contributed by atoms with Gasteiger partial charge in [-0.3, -0.25) is 9.59 Å².